The maximum atomic E-state index is 14.2. The number of aromatic nitrogens is 7. The smallest absolute Gasteiger partial charge is 0.319 e. The van der Waals surface area contributed by atoms with Crippen LogP contribution in [0.15, 0.2) is 53.5 Å². The Kier molecular flexibility index (Phi) is 4.46. The molecule has 1 unspecified atom stereocenters. The summed E-state index contributed by atoms with van der Waals surface area (Å²) >= 11 is 0. The fourth-order valence-corrected chi connectivity index (χ4v) is 4.43. The van der Waals surface area contributed by atoms with Crippen LogP contribution in [-0.4, -0.2) is 41.3 Å². The number of nitrogens with zero attached hydrogens (tertiary/aromatic N) is 7. The first-order chi connectivity index (χ1) is 16.1. The van der Waals surface area contributed by atoms with Crippen LogP contribution in [0, 0.1) is 5.82 Å². The molecule has 0 fully saturated rings. The molecule has 5 aromatic heterocycles. The predicted octanol–water partition coefficient (Wildman–Crippen LogP) is 3.92. The summed E-state index contributed by atoms with van der Waals surface area (Å²) in [5, 5.41) is 13.2. The molecule has 0 aromatic carbocycles. The highest BCUT2D eigenvalue weighted by Crippen LogP contribution is 2.37. The SMILES string of the molecule is CC(C)c1cccn2nc(C3c4nc[nH]c4CCN3c3nnc(-c4ncccc4F)o3)cc12. The van der Waals surface area contributed by atoms with Crippen molar-refractivity contribution < 1.29 is 8.81 Å². The Hall–Kier alpha value is -4.08. The molecule has 1 aliphatic heterocycles. The van der Waals surface area contributed by atoms with Gasteiger partial charge in [0.2, 0.25) is 0 Å². The van der Waals surface area contributed by atoms with E-state index in [1.54, 1.807) is 6.33 Å². The van der Waals surface area contributed by atoms with Gasteiger partial charge in [0, 0.05) is 31.1 Å². The molecule has 6 rings (SSSR count). The Morgan fingerprint density at radius 2 is 2.09 bits per heavy atom. The molecule has 0 aliphatic carbocycles. The summed E-state index contributed by atoms with van der Waals surface area (Å²) in [4.78, 5) is 13.8. The number of halogens is 1. The number of fused-ring (bicyclic) bond motifs is 2. The molecule has 1 aliphatic rings. The van der Waals surface area contributed by atoms with E-state index in [0.717, 1.165) is 29.0 Å². The van der Waals surface area contributed by atoms with Crippen LogP contribution in [0.2, 0.25) is 0 Å². The highest BCUT2D eigenvalue weighted by atomic mass is 19.1. The Bertz CT molecular complexity index is 1450. The standard InChI is InChI=1S/C23H21FN8O/c1-13(2)14-5-4-9-32-18(14)11-17(30-32)21-20-16(26-12-27-20)7-10-31(21)23-29-28-22(33-23)19-15(24)6-3-8-25-19/h3-6,8-9,11-13,21H,7,10H2,1-2H3,(H,26,27). The fraction of sp³-hybridized carbons (Fsp3) is 0.261. The van der Waals surface area contributed by atoms with Crippen molar-refractivity contribution in [3.8, 4) is 11.6 Å². The van der Waals surface area contributed by atoms with Gasteiger partial charge in [-0.15, -0.1) is 5.10 Å². The molecule has 5 aromatic rings. The van der Waals surface area contributed by atoms with Crippen LogP contribution < -0.4 is 4.90 Å². The fourth-order valence-electron chi connectivity index (χ4n) is 4.43. The van der Waals surface area contributed by atoms with Gasteiger partial charge < -0.3 is 14.3 Å². The summed E-state index contributed by atoms with van der Waals surface area (Å²) in [6.07, 6.45) is 5.86. The van der Waals surface area contributed by atoms with Crippen molar-refractivity contribution >= 4 is 11.5 Å². The van der Waals surface area contributed by atoms with Crippen LogP contribution in [0.4, 0.5) is 10.4 Å². The lowest BCUT2D eigenvalue weighted by atomic mass is 9.99. The second-order valence-electron chi connectivity index (χ2n) is 8.35. The van der Waals surface area contributed by atoms with Crippen LogP contribution in [-0.2, 0) is 6.42 Å². The number of anilines is 1. The van der Waals surface area contributed by atoms with Crippen LogP contribution in [0.1, 0.15) is 48.5 Å². The maximum absolute atomic E-state index is 14.2. The zero-order valence-corrected chi connectivity index (χ0v) is 18.1. The Labute approximate surface area is 188 Å². The molecular formula is C23H21FN8O. The minimum absolute atomic E-state index is 0.0274. The Balaban J connectivity index is 1.46. The van der Waals surface area contributed by atoms with Crippen molar-refractivity contribution in [2.45, 2.75) is 32.2 Å². The highest BCUT2D eigenvalue weighted by molar-refractivity contribution is 5.59. The third-order valence-electron chi connectivity index (χ3n) is 6.00. The van der Waals surface area contributed by atoms with E-state index >= 15 is 0 Å². The largest absolute Gasteiger partial charge is 0.401 e. The van der Waals surface area contributed by atoms with E-state index in [2.05, 4.69) is 51.1 Å². The first-order valence-electron chi connectivity index (χ1n) is 10.8. The molecule has 0 bridgehead atoms. The number of imidazole rings is 1. The first-order valence-corrected chi connectivity index (χ1v) is 10.8. The van der Waals surface area contributed by atoms with E-state index in [1.165, 1.54) is 23.9 Å². The van der Waals surface area contributed by atoms with Gasteiger partial charge in [0.05, 0.1) is 23.2 Å². The Morgan fingerprint density at radius 3 is 2.94 bits per heavy atom. The van der Waals surface area contributed by atoms with Crippen molar-refractivity contribution in [2.75, 3.05) is 11.4 Å². The first kappa shape index (κ1) is 19.6. The van der Waals surface area contributed by atoms with E-state index in [0.29, 0.717) is 12.5 Å². The van der Waals surface area contributed by atoms with Gasteiger partial charge in [-0.25, -0.2) is 18.9 Å². The maximum Gasteiger partial charge on any atom is 0.319 e. The lowest BCUT2D eigenvalue weighted by Crippen LogP contribution is -2.36. The van der Waals surface area contributed by atoms with E-state index in [9.17, 15) is 4.39 Å². The molecule has 0 amide bonds. The van der Waals surface area contributed by atoms with E-state index in [4.69, 9.17) is 9.52 Å². The third-order valence-corrected chi connectivity index (χ3v) is 6.00. The average Bonchev–Trinajstić information content (AvgIpc) is 3.56. The average molecular weight is 444 g/mol. The zero-order chi connectivity index (χ0) is 22.5. The minimum atomic E-state index is -0.515. The van der Waals surface area contributed by atoms with Crippen LogP contribution in [0.25, 0.3) is 17.1 Å². The lowest BCUT2D eigenvalue weighted by Gasteiger charge is -2.32. The van der Waals surface area contributed by atoms with Crippen molar-refractivity contribution in [1.29, 1.82) is 0 Å². The van der Waals surface area contributed by atoms with Gasteiger partial charge in [-0.05, 0) is 35.7 Å². The second-order valence-corrected chi connectivity index (χ2v) is 8.35. The van der Waals surface area contributed by atoms with Gasteiger partial charge in [-0.3, -0.25) is 0 Å². The summed E-state index contributed by atoms with van der Waals surface area (Å²) in [6.45, 7) is 4.94. The molecular weight excluding hydrogens is 423 g/mol. The van der Waals surface area contributed by atoms with E-state index in [-0.39, 0.29) is 23.6 Å². The number of pyridine rings is 2. The topological polar surface area (TPSA) is 101 Å². The number of hydrogen-bond donors (Lipinski definition) is 1. The molecule has 0 spiro atoms. The highest BCUT2D eigenvalue weighted by Gasteiger charge is 2.36. The van der Waals surface area contributed by atoms with Gasteiger partial charge in [0.1, 0.15) is 6.04 Å². The van der Waals surface area contributed by atoms with Gasteiger partial charge in [0.25, 0.3) is 5.89 Å². The van der Waals surface area contributed by atoms with Gasteiger partial charge in [-0.2, -0.15) is 5.10 Å². The van der Waals surface area contributed by atoms with Crippen LogP contribution in [0.5, 0.6) is 0 Å². The minimum Gasteiger partial charge on any atom is -0.401 e. The van der Waals surface area contributed by atoms with Crippen LogP contribution in [0.3, 0.4) is 0 Å². The van der Waals surface area contributed by atoms with Crippen molar-refractivity contribution in [3.63, 3.8) is 0 Å². The van der Waals surface area contributed by atoms with Gasteiger partial charge >= 0.3 is 6.01 Å². The molecule has 0 radical (unpaired) electrons. The number of nitrogens with one attached hydrogen (secondary N) is 1. The van der Waals surface area contributed by atoms with Crippen LogP contribution >= 0.6 is 0 Å². The van der Waals surface area contributed by atoms with Gasteiger partial charge in [-0.1, -0.05) is 25.0 Å². The molecule has 0 saturated heterocycles. The molecule has 9 nitrogen and oxygen atoms in total. The molecule has 0 saturated carbocycles. The second kappa shape index (κ2) is 7.51. The molecule has 33 heavy (non-hydrogen) atoms. The third kappa shape index (κ3) is 3.17. The summed E-state index contributed by atoms with van der Waals surface area (Å²) in [6, 6.07) is 8.99. The van der Waals surface area contributed by atoms with Gasteiger partial charge in [0.15, 0.2) is 11.5 Å². The molecule has 166 valence electrons. The molecule has 6 heterocycles. The van der Waals surface area contributed by atoms with Crippen molar-refractivity contribution in [3.05, 3.63) is 77.5 Å². The molecule has 1 N–H and O–H groups in total. The quantitative estimate of drug-likeness (QED) is 0.448. The van der Waals surface area contributed by atoms with Crippen molar-refractivity contribution in [2.24, 2.45) is 0 Å². The Morgan fingerprint density at radius 1 is 1.18 bits per heavy atom. The summed E-state index contributed by atoms with van der Waals surface area (Å²) in [5.41, 5.74) is 5.02. The van der Waals surface area contributed by atoms with E-state index in [1.807, 2.05) is 21.7 Å². The number of rotatable bonds is 4. The van der Waals surface area contributed by atoms with E-state index < -0.39 is 5.82 Å². The summed E-state index contributed by atoms with van der Waals surface area (Å²) < 4.78 is 22.0. The summed E-state index contributed by atoms with van der Waals surface area (Å²) in [7, 11) is 0. The number of aromatic amines is 1. The summed E-state index contributed by atoms with van der Waals surface area (Å²) in [5.74, 6) is -0.126. The monoisotopic (exact) mass is 444 g/mol. The predicted molar refractivity (Wildman–Crippen MR) is 118 cm³/mol. The number of hydrogen-bond acceptors (Lipinski definition) is 7. The normalized spacial score (nSPS) is 16.0. The zero-order valence-electron chi connectivity index (χ0n) is 18.1. The number of H-pyrrole nitrogens is 1. The van der Waals surface area contributed by atoms with Crippen molar-refractivity contribution in [1.82, 2.24) is 34.8 Å². The molecule has 10 heteroatoms. The molecule has 1 atom stereocenters. The lowest BCUT2D eigenvalue weighted by molar-refractivity contribution is 0.499.